The van der Waals surface area contributed by atoms with Crippen molar-refractivity contribution in [1.82, 2.24) is 0 Å². The van der Waals surface area contributed by atoms with Crippen LogP contribution in [-0.2, 0) is 33.2 Å². The van der Waals surface area contributed by atoms with Crippen molar-refractivity contribution in [3.05, 3.63) is 0 Å². The van der Waals surface area contributed by atoms with Crippen LogP contribution in [0.25, 0.3) is 0 Å². The zero-order chi connectivity index (χ0) is 16.1. The highest BCUT2D eigenvalue weighted by Crippen LogP contribution is 1.84. The molecule has 7 nitrogen and oxygen atoms in total. The van der Waals surface area contributed by atoms with Crippen LogP contribution in [0, 0.1) is 12.5 Å². The largest absolute Gasteiger partial charge is 0.444 e. The van der Waals surface area contributed by atoms with Crippen LogP contribution < -0.4 is 0 Å². The van der Waals surface area contributed by atoms with Crippen LogP contribution in [0.5, 0.6) is 0 Å². The van der Waals surface area contributed by atoms with Gasteiger partial charge in [0.25, 0.3) is 0 Å². The maximum absolute atomic E-state index is 5.34. The summed E-state index contributed by atoms with van der Waals surface area (Å²) in [4.78, 5) is 0. The second kappa shape index (κ2) is 20.1. The fourth-order valence-corrected chi connectivity index (χ4v) is 1.28. The fourth-order valence-electron chi connectivity index (χ4n) is 1.28. The lowest BCUT2D eigenvalue weighted by Gasteiger charge is -2.07. The minimum Gasteiger partial charge on any atom is -0.444 e. The van der Waals surface area contributed by atoms with Crippen LogP contribution in [-0.4, -0.2) is 86.4 Å². The van der Waals surface area contributed by atoms with E-state index in [9.17, 15) is 0 Å². The van der Waals surface area contributed by atoms with Crippen molar-refractivity contribution in [3.63, 3.8) is 0 Å². The molecule has 0 aromatic carbocycles. The molecule has 0 aliphatic rings. The average Bonchev–Trinajstić information content (AvgIpc) is 2.54. The Hall–Kier alpha value is -0.880. The smallest absolute Gasteiger partial charge is 0.123 e. The third-order valence-corrected chi connectivity index (χ3v) is 2.33. The lowest BCUT2D eigenvalue weighted by atomic mass is 10.7. The first-order valence-electron chi connectivity index (χ1n) is 7.37. The number of hydrogen-bond acceptors (Lipinski definition) is 7. The molecule has 0 bridgehead atoms. The van der Waals surface area contributed by atoms with Gasteiger partial charge in [-0.05, 0) is 0 Å². The van der Waals surface area contributed by atoms with Gasteiger partial charge in [-0.15, -0.1) is 0 Å². The Labute approximate surface area is 133 Å². The third kappa shape index (κ3) is 19.1. The van der Waals surface area contributed by atoms with Crippen LogP contribution in [0.3, 0.4) is 0 Å². The van der Waals surface area contributed by atoms with Crippen molar-refractivity contribution >= 4 is 0 Å². The van der Waals surface area contributed by atoms with Gasteiger partial charge in [0.05, 0.1) is 72.7 Å². The molecule has 0 saturated heterocycles. The highest BCUT2D eigenvalue weighted by molar-refractivity contribution is 4.67. The molecule has 0 amide bonds. The molecule has 0 spiro atoms. The van der Waals surface area contributed by atoms with E-state index in [1.165, 1.54) is 0 Å². The summed E-state index contributed by atoms with van der Waals surface area (Å²) in [6.45, 7) is 6.39. The molecule has 22 heavy (non-hydrogen) atoms. The standard InChI is InChI=1S/C15H28O7/c1-3-17-6-7-19-10-11-21-14-15-22-13-12-20-9-8-18-5-4-16-2/h1H,4-15H2,2H3. The molecule has 0 aliphatic heterocycles. The van der Waals surface area contributed by atoms with Crippen molar-refractivity contribution in [2.45, 2.75) is 0 Å². The first-order valence-corrected chi connectivity index (χ1v) is 7.37. The molecule has 0 aromatic rings. The molecule has 7 heteroatoms. The number of rotatable bonds is 18. The van der Waals surface area contributed by atoms with Crippen molar-refractivity contribution in [2.24, 2.45) is 0 Å². The second-order valence-electron chi connectivity index (χ2n) is 4.02. The van der Waals surface area contributed by atoms with Crippen molar-refractivity contribution in [3.8, 4) is 12.5 Å². The first kappa shape index (κ1) is 21.1. The Kier molecular flexibility index (Phi) is 19.3. The van der Waals surface area contributed by atoms with Gasteiger partial charge in [0.15, 0.2) is 0 Å². The van der Waals surface area contributed by atoms with E-state index in [0.29, 0.717) is 79.3 Å². The van der Waals surface area contributed by atoms with Gasteiger partial charge in [0.2, 0.25) is 0 Å². The van der Waals surface area contributed by atoms with Crippen LogP contribution in [0.4, 0.5) is 0 Å². The quantitative estimate of drug-likeness (QED) is 0.266. The summed E-state index contributed by atoms with van der Waals surface area (Å²) in [5.74, 6) is 0. The molecular formula is C15H28O7. The molecule has 0 aliphatic carbocycles. The molecular weight excluding hydrogens is 292 g/mol. The minimum absolute atomic E-state index is 0.400. The summed E-state index contributed by atoms with van der Waals surface area (Å²) in [5.41, 5.74) is 0. The summed E-state index contributed by atoms with van der Waals surface area (Å²) in [5, 5.41) is 0. The van der Waals surface area contributed by atoms with Crippen LogP contribution in [0.2, 0.25) is 0 Å². The molecule has 0 radical (unpaired) electrons. The fraction of sp³-hybridized carbons (Fsp3) is 0.867. The van der Waals surface area contributed by atoms with E-state index >= 15 is 0 Å². The van der Waals surface area contributed by atoms with E-state index in [4.69, 9.17) is 34.8 Å². The van der Waals surface area contributed by atoms with Crippen molar-refractivity contribution < 1.29 is 33.2 Å². The zero-order valence-corrected chi connectivity index (χ0v) is 13.4. The Bertz CT molecular complexity index is 243. The maximum atomic E-state index is 5.34. The van der Waals surface area contributed by atoms with Crippen molar-refractivity contribution in [1.29, 1.82) is 0 Å². The van der Waals surface area contributed by atoms with Gasteiger partial charge in [0.1, 0.15) is 12.7 Å². The zero-order valence-electron chi connectivity index (χ0n) is 13.4. The Balaban J connectivity index is 2.93. The second-order valence-corrected chi connectivity index (χ2v) is 4.02. The van der Waals surface area contributed by atoms with Crippen LogP contribution >= 0.6 is 0 Å². The summed E-state index contributed by atoms with van der Waals surface area (Å²) >= 11 is 0. The Morgan fingerprint density at radius 1 is 0.545 bits per heavy atom. The molecule has 0 atom stereocenters. The number of terminal acetylenes is 1. The molecule has 0 fully saturated rings. The molecule has 0 heterocycles. The van der Waals surface area contributed by atoms with Crippen LogP contribution in [0.15, 0.2) is 0 Å². The van der Waals surface area contributed by atoms with Gasteiger partial charge in [-0.1, -0.05) is 6.42 Å². The SMILES string of the molecule is C#COCCOCCOCCOCCOCCOCCOC. The lowest BCUT2D eigenvalue weighted by molar-refractivity contribution is -0.0163. The van der Waals surface area contributed by atoms with E-state index in [0.717, 1.165) is 0 Å². The van der Waals surface area contributed by atoms with Gasteiger partial charge in [0, 0.05) is 7.11 Å². The highest BCUT2D eigenvalue weighted by Gasteiger charge is 1.93. The van der Waals surface area contributed by atoms with E-state index in [-0.39, 0.29) is 0 Å². The first-order chi connectivity index (χ1) is 10.9. The van der Waals surface area contributed by atoms with Crippen LogP contribution in [0.1, 0.15) is 0 Å². The van der Waals surface area contributed by atoms with Gasteiger partial charge in [-0.2, -0.15) is 0 Å². The topological polar surface area (TPSA) is 64.6 Å². The molecule has 130 valence electrons. The number of hydrogen-bond donors (Lipinski definition) is 0. The van der Waals surface area contributed by atoms with Gasteiger partial charge >= 0.3 is 0 Å². The van der Waals surface area contributed by atoms with Gasteiger partial charge < -0.3 is 33.2 Å². The normalized spacial score (nSPS) is 10.5. The average molecular weight is 320 g/mol. The molecule has 0 unspecified atom stereocenters. The van der Waals surface area contributed by atoms with E-state index < -0.39 is 0 Å². The summed E-state index contributed by atoms with van der Waals surface area (Å²) in [6.07, 6.45) is 6.99. The van der Waals surface area contributed by atoms with Crippen molar-refractivity contribution in [2.75, 3.05) is 86.4 Å². The minimum atomic E-state index is 0.400. The summed E-state index contributed by atoms with van der Waals surface area (Å²) in [6, 6.07) is 0. The van der Waals surface area contributed by atoms with E-state index in [1.807, 2.05) is 0 Å². The lowest BCUT2D eigenvalue weighted by Crippen LogP contribution is -2.14. The molecule has 0 saturated carbocycles. The predicted octanol–water partition coefficient (Wildman–Crippen LogP) is 0.323. The monoisotopic (exact) mass is 320 g/mol. The summed E-state index contributed by atoms with van der Waals surface area (Å²) < 4.78 is 36.0. The molecule has 0 rings (SSSR count). The van der Waals surface area contributed by atoms with Gasteiger partial charge in [-0.3, -0.25) is 0 Å². The van der Waals surface area contributed by atoms with E-state index in [1.54, 1.807) is 7.11 Å². The number of methoxy groups -OCH3 is 1. The highest BCUT2D eigenvalue weighted by atomic mass is 16.6. The molecule has 0 aromatic heterocycles. The maximum Gasteiger partial charge on any atom is 0.123 e. The Morgan fingerprint density at radius 3 is 1.18 bits per heavy atom. The van der Waals surface area contributed by atoms with Gasteiger partial charge in [-0.25, -0.2) is 0 Å². The molecule has 0 N–H and O–H groups in total. The summed E-state index contributed by atoms with van der Waals surface area (Å²) in [7, 11) is 1.64. The van der Waals surface area contributed by atoms with E-state index in [2.05, 4.69) is 10.8 Å². The predicted molar refractivity (Wildman–Crippen MR) is 80.8 cm³/mol. The third-order valence-electron chi connectivity index (χ3n) is 2.33. The Morgan fingerprint density at radius 2 is 0.864 bits per heavy atom. The number of ether oxygens (including phenoxy) is 7.